The summed E-state index contributed by atoms with van der Waals surface area (Å²) in [4.78, 5) is 61.2. The molecule has 13 N–H and O–H groups in total. The zero-order chi connectivity index (χ0) is 28.7. The highest BCUT2D eigenvalue weighted by atomic mass is 16.4. The number of nitrogens with two attached hydrogens (primary N) is 4. The van der Waals surface area contributed by atoms with E-state index in [0.717, 1.165) is 0 Å². The third kappa shape index (κ3) is 12.0. The van der Waals surface area contributed by atoms with Crippen molar-refractivity contribution in [2.45, 2.75) is 76.5 Å². The number of aromatic amines is 1. The summed E-state index contributed by atoms with van der Waals surface area (Å²) < 4.78 is 0. The summed E-state index contributed by atoms with van der Waals surface area (Å²) >= 11 is 0. The molecule has 1 aromatic rings. The maximum Gasteiger partial charge on any atom is 0.326 e. The predicted molar refractivity (Wildman–Crippen MR) is 141 cm³/mol. The normalized spacial score (nSPS) is 14.1. The van der Waals surface area contributed by atoms with E-state index in [9.17, 15) is 24.3 Å². The summed E-state index contributed by atoms with van der Waals surface area (Å²) in [5, 5.41) is 17.4. The van der Waals surface area contributed by atoms with E-state index in [1.165, 1.54) is 12.5 Å². The first-order valence-corrected chi connectivity index (χ1v) is 12.6. The third-order valence-corrected chi connectivity index (χ3v) is 5.77. The third-order valence-electron chi connectivity index (χ3n) is 5.77. The number of hydrogen-bond acceptors (Lipinski definition) is 8. The molecule has 1 heterocycles. The first kappa shape index (κ1) is 32.3. The van der Waals surface area contributed by atoms with Gasteiger partial charge in [-0.1, -0.05) is 13.8 Å². The van der Waals surface area contributed by atoms with Crippen LogP contribution >= 0.6 is 0 Å². The fourth-order valence-corrected chi connectivity index (χ4v) is 3.47. The average molecular weight is 539 g/mol. The van der Waals surface area contributed by atoms with Crippen LogP contribution in [0.2, 0.25) is 0 Å². The molecule has 0 aliphatic rings. The lowest BCUT2D eigenvalue weighted by Gasteiger charge is -2.25. The summed E-state index contributed by atoms with van der Waals surface area (Å²) in [5.74, 6) is -3.32. The van der Waals surface area contributed by atoms with Gasteiger partial charge in [0.15, 0.2) is 5.96 Å². The Morgan fingerprint density at radius 2 is 1.55 bits per heavy atom. The molecule has 0 aromatic carbocycles. The van der Waals surface area contributed by atoms with Crippen LogP contribution < -0.4 is 38.9 Å². The summed E-state index contributed by atoms with van der Waals surface area (Å²) in [6, 6.07) is -4.18. The standard InChI is InChI=1S/C23H42N10O5/c1-13(2)18(25)21(36)32-16(7-5-9-29-23(26)27)19(34)31-15(6-3-4-8-24)20(35)33-17(22(37)38)10-14-11-28-12-30-14/h11-13,15-18H,3-10,24-25H2,1-2H3,(H,28,30)(H,31,34)(H,32,36)(H,33,35)(H,37,38)(H4,26,27,29). The zero-order valence-electron chi connectivity index (χ0n) is 22.0. The number of carboxylic acid groups (broad SMARTS) is 1. The largest absolute Gasteiger partial charge is 0.480 e. The molecular weight excluding hydrogens is 496 g/mol. The second kappa shape index (κ2) is 16.9. The Bertz CT molecular complexity index is 918. The van der Waals surface area contributed by atoms with Crippen molar-refractivity contribution in [3.8, 4) is 0 Å². The highest BCUT2D eigenvalue weighted by Crippen LogP contribution is 2.07. The van der Waals surface area contributed by atoms with Crippen LogP contribution in [-0.2, 0) is 25.6 Å². The number of guanidine groups is 1. The number of carboxylic acids is 1. The number of rotatable bonds is 18. The maximum atomic E-state index is 13.2. The summed E-state index contributed by atoms with van der Waals surface area (Å²) in [5.41, 5.74) is 22.7. The fraction of sp³-hybridized carbons (Fsp3) is 0.652. The topological polar surface area (TPSA) is 270 Å². The van der Waals surface area contributed by atoms with Crippen molar-refractivity contribution in [2.75, 3.05) is 13.1 Å². The van der Waals surface area contributed by atoms with Crippen molar-refractivity contribution < 1.29 is 24.3 Å². The molecule has 4 unspecified atom stereocenters. The summed E-state index contributed by atoms with van der Waals surface area (Å²) in [7, 11) is 0. The smallest absolute Gasteiger partial charge is 0.326 e. The number of unbranched alkanes of at least 4 members (excludes halogenated alkanes) is 1. The van der Waals surface area contributed by atoms with E-state index >= 15 is 0 Å². The van der Waals surface area contributed by atoms with Gasteiger partial charge in [0.05, 0.1) is 12.4 Å². The van der Waals surface area contributed by atoms with Crippen LogP contribution in [-0.4, -0.2) is 82.0 Å². The van der Waals surface area contributed by atoms with E-state index in [0.29, 0.717) is 31.5 Å². The van der Waals surface area contributed by atoms with Crippen LogP contribution in [0.5, 0.6) is 0 Å². The van der Waals surface area contributed by atoms with Crippen molar-refractivity contribution >= 4 is 29.7 Å². The van der Waals surface area contributed by atoms with Crippen LogP contribution in [0.4, 0.5) is 0 Å². The van der Waals surface area contributed by atoms with Crippen molar-refractivity contribution in [3.05, 3.63) is 18.2 Å². The number of hydrogen-bond donors (Lipinski definition) is 9. The molecule has 214 valence electrons. The second-order valence-corrected chi connectivity index (χ2v) is 9.31. The number of H-pyrrole nitrogens is 1. The molecule has 0 saturated heterocycles. The van der Waals surface area contributed by atoms with Crippen LogP contribution in [0.1, 0.15) is 51.6 Å². The molecule has 0 radical (unpaired) electrons. The first-order valence-electron chi connectivity index (χ1n) is 12.6. The molecular formula is C23H42N10O5. The van der Waals surface area contributed by atoms with E-state index < -0.39 is 47.9 Å². The van der Waals surface area contributed by atoms with E-state index in [-0.39, 0.29) is 37.7 Å². The minimum atomic E-state index is -1.25. The minimum absolute atomic E-state index is 0.0267. The lowest BCUT2D eigenvalue weighted by Crippen LogP contribution is -2.57. The zero-order valence-corrected chi connectivity index (χ0v) is 22.0. The molecule has 0 aliphatic heterocycles. The van der Waals surface area contributed by atoms with Crippen molar-refractivity contribution in [2.24, 2.45) is 33.8 Å². The van der Waals surface area contributed by atoms with E-state index in [1.54, 1.807) is 13.8 Å². The predicted octanol–water partition coefficient (Wildman–Crippen LogP) is -2.34. The molecule has 0 spiro atoms. The van der Waals surface area contributed by atoms with Crippen molar-refractivity contribution in [3.63, 3.8) is 0 Å². The molecule has 1 aromatic heterocycles. The lowest BCUT2D eigenvalue weighted by atomic mass is 10.0. The van der Waals surface area contributed by atoms with Gasteiger partial charge in [0.2, 0.25) is 17.7 Å². The molecule has 0 aliphatic carbocycles. The van der Waals surface area contributed by atoms with Crippen molar-refractivity contribution in [1.29, 1.82) is 0 Å². The average Bonchev–Trinajstić information content (AvgIpc) is 3.37. The van der Waals surface area contributed by atoms with Gasteiger partial charge in [-0.05, 0) is 44.6 Å². The number of carbonyl (C=O) groups is 4. The molecule has 0 bridgehead atoms. The number of aliphatic imine (C=N–C) groups is 1. The number of nitrogens with one attached hydrogen (secondary N) is 4. The molecule has 1 rings (SSSR count). The number of imidazole rings is 1. The first-order chi connectivity index (χ1) is 18.0. The summed E-state index contributed by atoms with van der Waals surface area (Å²) in [6.07, 6.45) is 4.69. The van der Waals surface area contributed by atoms with Crippen molar-refractivity contribution in [1.82, 2.24) is 25.9 Å². The number of aliphatic carboxylic acids is 1. The fourth-order valence-electron chi connectivity index (χ4n) is 3.47. The Hall–Kier alpha value is -3.72. The number of carbonyl (C=O) groups excluding carboxylic acids is 3. The van der Waals surface area contributed by atoms with Gasteiger partial charge >= 0.3 is 5.97 Å². The Morgan fingerprint density at radius 3 is 2.05 bits per heavy atom. The summed E-state index contributed by atoms with van der Waals surface area (Å²) in [6.45, 7) is 4.17. The highest BCUT2D eigenvalue weighted by molar-refractivity contribution is 5.94. The monoisotopic (exact) mass is 538 g/mol. The van der Waals surface area contributed by atoms with Gasteiger partial charge in [-0.3, -0.25) is 19.4 Å². The molecule has 4 atom stereocenters. The Labute approximate surface area is 222 Å². The molecule has 0 fully saturated rings. The number of nitrogens with zero attached hydrogens (tertiary/aromatic N) is 2. The Morgan fingerprint density at radius 1 is 0.974 bits per heavy atom. The van der Waals surface area contributed by atoms with Gasteiger partial charge in [0, 0.05) is 24.9 Å². The number of aromatic nitrogens is 2. The highest BCUT2D eigenvalue weighted by Gasteiger charge is 2.30. The maximum absolute atomic E-state index is 13.2. The van der Waals surface area contributed by atoms with E-state index in [2.05, 4.69) is 30.9 Å². The quantitative estimate of drug-likeness (QED) is 0.0545. The van der Waals surface area contributed by atoms with Crippen LogP contribution in [0.15, 0.2) is 17.5 Å². The van der Waals surface area contributed by atoms with E-state index in [4.69, 9.17) is 22.9 Å². The van der Waals surface area contributed by atoms with Crippen LogP contribution in [0.3, 0.4) is 0 Å². The molecule has 15 nitrogen and oxygen atoms in total. The van der Waals surface area contributed by atoms with Gasteiger partial charge in [-0.2, -0.15) is 0 Å². The lowest BCUT2D eigenvalue weighted by molar-refractivity contribution is -0.142. The minimum Gasteiger partial charge on any atom is -0.480 e. The second-order valence-electron chi connectivity index (χ2n) is 9.31. The van der Waals surface area contributed by atoms with Gasteiger partial charge in [0.1, 0.15) is 18.1 Å². The molecule has 3 amide bonds. The Kier molecular flexibility index (Phi) is 14.4. The van der Waals surface area contributed by atoms with Gasteiger partial charge in [0.25, 0.3) is 0 Å². The van der Waals surface area contributed by atoms with E-state index in [1.807, 2.05) is 0 Å². The molecule has 0 saturated carbocycles. The molecule has 15 heteroatoms. The van der Waals surface area contributed by atoms with Crippen LogP contribution in [0, 0.1) is 5.92 Å². The molecule has 38 heavy (non-hydrogen) atoms. The van der Waals surface area contributed by atoms with Gasteiger partial charge in [-0.15, -0.1) is 0 Å². The Balaban J connectivity index is 3.02. The van der Waals surface area contributed by atoms with Gasteiger partial charge < -0.3 is 49.0 Å². The number of amides is 3. The SMILES string of the molecule is CC(C)C(N)C(=O)NC(CCCN=C(N)N)C(=O)NC(CCCCN)C(=O)NC(Cc1cnc[nH]1)C(=O)O. The van der Waals surface area contributed by atoms with Crippen LogP contribution in [0.25, 0.3) is 0 Å². The van der Waals surface area contributed by atoms with Gasteiger partial charge in [-0.25, -0.2) is 9.78 Å².